The van der Waals surface area contributed by atoms with Gasteiger partial charge in [-0.05, 0) is 61.9 Å². The van der Waals surface area contributed by atoms with E-state index in [1.807, 2.05) is 17.0 Å². The summed E-state index contributed by atoms with van der Waals surface area (Å²) in [5, 5.41) is 0.895. The second-order valence-electron chi connectivity index (χ2n) is 8.53. The fourth-order valence-corrected chi connectivity index (χ4v) is 5.10. The minimum atomic E-state index is -0.384. The highest BCUT2D eigenvalue weighted by Crippen LogP contribution is 2.44. The molecule has 6 heteroatoms. The molecule has 3 heterocycles. The largest absolute Gasteiger partial charge is 0.345 e. The number of benzene rings is 2. The van der Waals surface area contributed by atoms with Gasteiger partial charge in [0.15, 0.2) is 0 Å². The summed E-state index contributed by atoms with van der Waals surface area (Å²) >= 11 is 6.33. The molecule has 0 spiro atoms. The topological polar surface area (TPSA) is 55.2 Å². The van der Waals surface area contributed by atoms with Gasteiger partial charge in [0.25, 0.3) is 5.56 Å². The molecular weight excluding hydrogens is 386 g/mol. The van der Waals surface area contributed by atoms with E-state index in [9.17, 15) is 9.59 Å². The zero-order valence-electron chi connectivity index (χ0n) is 16.5. The third kappa shape index (κ3) is 2.64. The van der Waals surface area contributed by atoms with Gasteiger partial charge in [-0.15, -0.1) is 0 Å². The fraction of sp³-hybridized carbons (Fsp3) is 0.348. The van der Waals surface area contributed by atoms with Crippen LogP contribution in [0.25, 0.3) is 16.6 Å². The molecule has 5 rings (SSSR count). The van der Waals surface area contributed by atoms with Crippen molar-refractivity contribution in [2.75, 3.05) is 13.1 Å². The predicted octanol–water partition coefficient (Wildman–Crippen LogP) is 4.01. The predicted molar refractivity (Wildman–Crippen MR) is 114 cm³/mol. The first-order chi connectivity index (χ1) is 13.9. The summed E-state index contributed by atoms with van der Waals surface area (Å²) in [7, 11) is 0. The zero-order valence-corrected chi connectivity index (χ0v) is 17.2. The third-order valence-corrected chi connectivity index (χ3v) is 6.82. The van der Waals surface area contributed by atoms with Crippen molar-refractivity contribution < 1.29 is 4.79 Å². The highest BCUT2D eigenvalue weighted by Gasteiger charge is 2.39. The van der Waals surface area contributed by atoms with Crippen molar-refractivity contribution in [2.45, 2.75) is 38.0 Å². The SMILES string of the molecule is CC1(C)c2cc(C3CCN(C=O)CC3)ccc2-n2c1nc(=O)c1c(Cl)cccc12. The smallest absolute Gasteiger partial charge is 0.282 e. The van der Waals surface area contributed by atoms with Crippen LogP contribution in [-0.2, 0) is 10.2 Å². The van der Waals surface area contributed by atoms with Crippen molar-refractivity contribution in [2.24, 2.45) is 0 Å². The second-order valence-corrected chi connectivity index (χ2v) is 8.93. The maximum Gasteiger partial charge on any atom is 0.282 e. The monoisotopic (exact) mass is 407 g/mol. The molecule has 2 aliphatic rings. The van der Waals surface area contributed by atoms with E-state index in [-0.39, 0.29) is 11.0 Å². The van der Waals surface area contributed by atoms with Gasteiger partial charge in [0.2, 0.25) is 6.41 Å². The molecule has 148 valence electrons. The van der Waals surface area contributed by atoms with E-state index >= 15 is 0 Å². The number of fused-ring (bicyclic) bond motifs is 5. The number of hydrogen-bond donors (Lipinski definition) is 0. The van der Waals surface area contributed by atoms with Crippen molar-refractivity contribution in [3.8, 4) is 5.69 Å². The lowest BCUT2D eigenvalue weighted by molar-refractivity contribution is -0.119. The standard InChI is InChI=1S/C23H22ClN3O2/c1-23(2)16-12-15(14-8-10-26(13-28)11-9-14)6-7-18(16)27-19-5-3-4-17(24)20(19)21(29)25-22(23)27/h3-7,12-14H,8-11H2,1-2H3. The third-order valence-electron chi connectivity index (χ3n) is 6.51. The van der Waals surface area contributed by atoms with E-state index < -0.39 is 0 Å². The van der Waals surface area contributed by atoms with Gasteiger partial charge in [0.1, 0.15) is 5.82 Å². The molecule has 1 fully saturated rings. The summed E-state index contributed by atoms with van der Waals surface area (Å²) in [6, 6.07) is 12.1. The molecular formula is C23H22ClN3O2. The van der Waals surface area contributed by atoms with Crippen LogP contribution in [0.3, 0.4) is 0 Å². The van der Waals surface area contributed by atoms with Crippen LogP contribution < -0.4 is 5.56 Å². The first-order valence-corrected chi connectivity index (χ1v) is 10.4. The van der Waals surface area contributed by atoms with E-state index in [0.29, 0.717) is 16.3 Å². The number of piperidine rings is 1. The van der Waals surface area contributed by atoms with Crippen LogP contribution in [0, 0.1) is 0 Å². The number of carbonyl (C=O) groups is 1. The van der Waals surface area contributed by atoms with Crippen LogP contribution in [0.4, 0.5) is 0 Å². The number of amides is 1. The van der Waals surface area contributed by atoms with Gasteiger partial charge < -0.3 is 4.90 Å². The highest BCUT2D eigenvalue weighted by atomic mass is 35.5. The van der Waals surface area contributed by atoms with E-state index in [1.54, 1.807) is 6.07 Å². The molecule has 3 aromatic rings. The lowest BCUT2D eigenvalue weighted by Gasteiger charge is -2.30. The maximum absolute atomic E-state index is 12.7. The summed E-state index contributed by atoms with van der Waals surface area (Å²) in [5.41, 5.74) is 3.65. The molecule has 0 saturated carbocycles. The van der Waals surface area contributed by atoms with Gasteiger partial charge in [-0.25, -0.2) is 0 Å². The van der Waals surface area contributed by atoms with Gasteiger partial charge in [0.05, 0.1) is 27.0 Å². The number of rotatable bonds is 2. The molecule has 0 atom stereocenters. The first-order valence-electron chi connectivity index (χ1n) is 9.97. The molecule has 0 N–H and O–H groups in total. The molecule has 2 aliphatic heterocycles. The number of aromatic nitrogens is 2. The van der Waals surface area contributed by atoms with E-state index in [1.165, 1.54) is 11.1 Å². The molecule has 29 heavy (non-hydrogen) atoms. The van der Waals surface area contributed by atoms with Crippen LogP contribution in [0.15, 0.2) is 41.2 Å². The van der Waals surface area contributed by atoms with E-state index in [2.05, 4.69) is 41.6 Å². The maximum atomic E-state index is 12.7. The van der Waals surface area contributed by atoms with Gasteiger partial charge in [0, 0.05) is 13.1 Å². The Bertz CT molecular complexity index is 1210. The average Bonchev–Trinajstić information content (AvgIpc) is 2.95. The molecule has 0 bridgehead atoms. The summed E-state index contributed by atoms with van der Waals surface area (Å²) in [5.74, 6) is 1.19. The normalized spacial score (nSPS) is 18.0. The first kappa shape index (κ1) is 18.4. The van der Waals surface area contributed by atoms with Crippen LogP contribution >= 0.6 is 11.6 Å². The molecule has 2 aromatic carbocycles. The Labute approximate surface area is 173 Å². The van der Waals surface area contributed by atoms with Crippen molar-refractivity contribution >= 4 is 28.9 Å². The lowest BCUT2D eigenvalue weighted by Crippen LogP contribution is -2.31. The Morgan fingerprint density at radius 2 is 1.93 bits per heavy atom. The highest BCUT2D eigenvalue weighted by molar-refractivity contribution is 6.35. The Hall–Kier alpha value is -2.66. The zero-order chi connectivity index (χ0) is 20.3. The van der Waals surface area contributed by atoms with Crippen LogP contribution in [0.5, 0.6) is 0 Å². The summed E-state index contributed by atoms with van der Waals surface area (Å²) < 4.78 is 2.08. The van der Waals surface area contributed by atoms with Gasteiger partial charge in [-0.2, -0.15) is 4.98 Å². The number of likely N-dealkylation sites (tertiary alicyclic amines) is 1. The fourth-order valence-electron chi connectivity index (χ4n) is 4.85. The number of halogens is 1. The number of nitrogens with zero attached hydrogens (tertiary/aromatic N) is 3. The molecule has 1 saturated heterocycles. The van der Waals surface area contributed by atoms with Gasteiger partial charge in [-0.3, -0.25) is 14.2 Å². The second kappa shape index (κ2) is 6.42. The minimum Gasteiger partial charge on any atom is -0.345 e. The van der Waals surface area contributed by atoms with Crippen molar-refractivity contribution in [1.82, 2.24) is 14.5 Å². The molecule has 0 unspecified atom stereocenters. The Morgan fingerprint density at radius 1 is 1.17 bits per heavy atom. The van der Waals surface area contributed by atoms with Crippen molar-refractivity contribution in [3.63, 3.8) is 0 Å². The minimum absolute atomic E-state index is 0.279. The Morgan fingerprint density at radius 3 is 2.66 bits per heavy atom. The van der Waals surface area contributed by atoms with E-state index in [4.69, 9.17) is 11.6 Å². The summed E-state index contributed by atoms with van der Waals surface area (Å²) in [6.45, 7) is 5.83. The van der Waals surface area contributed by atoms with Crippen molar-refractivity contribution in [3.05, 3.63) is 68.7 Å². The number of hydrogen-bond acceptors (Lipinski definition) is 3. The molecule has 0 aliphatic carbocycles. The average molecular weight is 408 g/mol. The molecule has 1 amide bonds. The molecule has 5 nitrogen and oxygen atoms in total. The summed E-state index contributed by atoms with van der Waals surface area (Å²) in [4.78, 5) is 30.0. The van der Waals surface area contributed by atoms with Gasteiger partial charge >= 0.3 is 0 Å². The van der Waals surface area contributed by atoms with E-state index in [0.717, 1.165) is 49.4 Å². The Kier molecular flexibility index (Phi) is 4.07. The summed E-state index contributed by atoms with van der Waals surface area (Å²) in [6.07, 6.45) is 2.89. The van der Waals surface area contributed by atoms with Crippen LogP contribution in [0.1, 0.15) is 49.6 Å². The van der Waals surface area contributed by atoms with Crippen LogP contribution in [0.2, 0.25) is 5.02 Å². The lowest BCUT2D eigenvalue weighted by atomic mass is 9.81. The van der Waals surface area contributed by atoms with Crippen molar-refractivity contribution in [1.29, 1.82) is 0 Å². The molecule has 0 radical (unpaired) electrons. The number of carbonyl (C=O) groups excluding carboxylic acids is 1. The quantitative estimate of drug-likeness (QED) is 0.603. The van der Waals surface area contributed by atoms with Gasteiger partial charge in [-0.1, -0.05) is 29.8 Å². The Balaban J connectivity index is 1.67. The van der Waals surface area contributed by atoms with Crippen LogP contribution in [-0.4, -0.2) is 34.0 Å². The molecule has 1 aromatic heterocycles.